The first-order valence-corrected chi connectivity index (χ1v) is 10.5. The Morgan fingerprint density at radius 2 is 1.91 bits per heavy atom. The lowest BCUT2D eigenvalue weighted by Gasteiger charge is -2.34. The molecule has 0 aromatic heterocycles. The Bertz CT molecular complexity index is 1130. The van der Waals surface area contributed by atoms with Crippen LogP contribution in [0.4, 0.5) is 0 Å². The smallest absolute Gasteiger partial charge is 0.174 e. The second kappa shape index (κ2) is 8.24. The first kappa shape index (κ1) is 21.8. The van der Waals surface area contributed by atoms with Crippen molar-refractivity contribution >= 4 is 11.9 Å². The molecule has 4 N–H and O–H groups in total. The molecular formula is C25H26O7. The van der Waals surface area contributed by atoms with E-state index in [0.717, 1.165) is 12.5 Å². The van der Waals surface area contributed by atoms with Crippen LogP contribution in [0.2, 0.25) is 0 Å². The Kier molecular flexibility index (Phi) is 5.60. The molecule has 4 rings (SSSR count). The van der Waals surface area contributed by atoms with Gasteiger partial charge in [-0.05, 0) is 38.8 Å². The van der Waals surface area contributed by atoms with Gasteiger partial charge in [0, 0.05) is 29.3 Å². The zero-order chi connectivity index (χ0) is 23.0. The molecule has 0 saturated heterocycles. The lowest BCUT2D eigenvalue weighted by Crippen LogP contribution is -2.39. The number of benzene rings is 2. The van der Waals surface area contributed by atoms with Crippen LogP contribution in [0.25, 0.3) is 6.08 Å². The number of rotatable bonds is 5. The number of carbonyl (C=O) groups is 1. The van der Waals surface area contributed by atoms with Crippen LogP contribution in [0.15, 0.2) is 42.0 Å². The van der Waals surface area contributed by atoms with Gasteiger partial charge < -0.3 is 29.9 Å². The van der Waals surface area contributed by atoms with Gasteiger partial charge in [-0.15, -0.1) is 0 Å². The molecule has 2 aliphatic heterocycles. The number of Topliss-reactive ketones (excluding diaryl/α,β-unsaturated/α-hetero) is 1. The summed E-state index contributed by atoms with van der Waals surface area (Å²) in [6.07, 6.45) is 6.17. The van der Waals surface area contributed by atoms with Crippen LogP contribution in [-0.2, 0) is 0 Å². The normalized spacial score (nSPS) is 21.2. The first-order chi connectivity index (χ1) is 15.2. The Morgan fingerprint density at radius 1 is 1.12 bits per heavy atom. The van der Waals surface area contributed by atoms with Crippen molar-refractivity contribution in [3.8, 4) is 28.7 Å². The monoisotopic (exact) mass is 438 g/mol. The highest BCUT2D eigenvalue weighted by Gasteiger charge is 2.35. The first-order valence-electron chi connectivity index (χ1n) is 10.5. The zero-order valence-corrected chi connectivity index (χ0v) is 18.0. The zero-order valence-electron chi connectivity index (χ0n) is 18.0. The largest absolute Gasteiger partial charge is 0.508 e. The summed E-state index contributed by atoms with van der Waals surface area (Å²) in [5.74, 6) is -0.543. The number of fused-ring (bicyclic) bond motifs is 2. The Balaban J connectivity index is 1.63. The fraction of sp³-hybridized carbons (Fsp3) is 0.320. The Labute approximate surface area is 185 Å². The molecule has 0 bridgehead atoms. The van der Waals surface area contributed by atoms with Crippen molar-refractivity contribution in [3.63, 3.8) is 0 Å². The Morgan fingerprint density at radius 3 is 2.62 bits per heavy atom. The van der Waals surface area contributed by atoms with Gasteiger partial charge in [0.05, 0.1) is 13.0 Å². The van der Waals surface area contributed by atoms with Gasteiger partial charge in [-0.25, -0.2) is 0 Å². The van der Waals surface area contributed by atoms with Crippen molar-refractivity contribution in [3.05, 3.63) is 58.7 Å². The molecule has 2 atom stereocenters. The minimum Gasteiger partial charge on any atom is -0.508 e. The van der Waals surface area contributed by atoms with Crippen molar-refractivity contribution in [2.45, 2.75) is 44.8 Å². The van der Waals surface area contributed by atoms with E-state index in [2.05, 4.69) is 6.08 Å². The highest BCUT2D eigenvalue weighted by molar-refractivity contribution is 6.02. The van der Waals surface area contributed by atoms with Crippen LogP contribution in [0.3, 0.4) is 0 Å². The lowest BCUT2D eigenvalue weighted by atomic mass is 9.90. The molecule has 0 amide bonds. The maximum Gasteiger partial charge on any atom is 0.174 e. The van der Waals surface area contributed by atoms with E-state index in [1.54, 1.807) is 6.07 Å². The molecular weight excluding hydrogens is 412 g/mol. The van der Waals surface area contributed by atoms with E-state index in [0.29, 0.717) is 23.3 Å². The highest BCUT2D eigenvalue weighted by atomic mass is 16.5. The van der Waals surface area contributed by atoms with Gasteiger partial charge in [-0.3, -0.25) is 4.79 Å². The minimum absolute atomic E-state index is 0.0174. The molecule has 168 valence electrons. The predicted molar refractivity (Wildman–Crippen MR) is 118 cm³/mol. The number of aromatic hydroxyl groups is 3. The van der Waals surface area contributed by atoms with Gasteiger partial charge >= 0.3 is 0 Å². The summed E-state index contributed by atoms with van der Waals surface area (Å²) >= 11 is 0. The summed E-state index contributed by atoms with van der Waals surface area (Å²) in [6.45, 7) is 3.82. The number of ether oxygens (including phenoxy) is 2. The van der Waals surface area contributed by atoms with Gasteiger partial charge in [0.2, 0.25) is 0 Å². The molecule has 2 unspecified atom stereocenters. The topological polar surface area (TPSA) is 116 Å². The van der Waals surface area contributed by atoms with Crippen molar-refractivity contribution in [2.75, 3.05) is 6.61 Å². The molecule has 2 aromatic carbocycles. The van der Waals surface area contributed by atoms with Crippen LogP contribution in [0, 0.1) is 0 Å². The average molecular weight is 438 g/mol. The number of ketones is 1. The fourth-order valence-electron chi connectivity index (χ4n) is 4.08. The summed E-state index contributed by atoms with van der Waals surface area (Å²) < 4.78 is 11.9. The number of aliphatic hydroxyl groups is 1. The van der Waals surface area contributed by atoms with Crippen molar-refractivity contribution in [1.82, 2.24) is 0 Å². The van der Waals surface area contributed by atoms with E-state index in [1.807, 2.05) is 26.0 Å². The fourth-order valence-corrected chi connectivity index (χ4v) is 4.08. The second-order valence-electron chi connectivity index (χ2n) is 8.50. The molecule has 32 heavy (non-hydrogen) atoms. The minimum atomic E-state index is -0.877. The molecule has 2 aliphatic rings. The number of allylic oxidation sites excluding steroid dienone is 2. The van der Waals surface area contributed by atoms with E-state index in [1.165, 1.54) is 17.7 Å². The molecule has 0 aliphatic carbocycles. The summed E-state index contributed by atoms with van der Waals surface area (Å²) in [5, 5.41) is 40.4. The number of carbonyl (C=O) groups excluding carboxylic acids is 1. The van der Waals surface area contributed by atoms with Crippen LogP contribution >= 0.6 is 0 Å². The molecule has 2 heterocycles. The van der Waals surface area contributed by atoms with Gasteiger partial charge in [0.1, 0.15) is 40.4 Å². The summed E-state index contributed by atoms with van der Waals surface area (Å²) in [4.78, 5) is 12.6. The van der Waals surface area contributed by atoms with Crippen molar-refractivity contribution in [2.24, 2.45) is 0 Å². The molecule has 0 fully saturated rings. The molecule has 0 spiro atoms. The Hall–Kier alpha value is -3.45. The van der Waals surface area contributed by atoms with E-state index < -0.39 is 11.7 Å². The van der Waals surface area contributed by atoms with E-state index >= 15 is 0 Å². The van der Waals surface area contributed by atoms with Crippen LogP contribution in [0.5, 0.6) is 28.7 Å². The highest BCUT2D eigenvalue weighted by Crippen LogP contribution is 2.45. The second-order valence-corrected chi connectivity index (χ2v) is 8.50. The van der Waals surface area contributed by atoms with E-state index in [9.17, 15) is 25.2 Å². The summed E-state index contributed by atoms with van der Waals surface area (Å²) in [7, 11) is 0. The number of hydrogen-bond acceptors (Lipinski definition) is 7. The van der Waals surface area contributed by atoms with Crippen LogP contribution in [-0.4, -0.2) is 38.4 Å². The molecule has 0 saturated carbocycles. The third-order valence-electron chi connectivity index (χ3n) is 5.76. The van der Waals surface area contributed by atoms with Gasteiger partial charge in [0.25, 0.3) is 0 Å². The number of phenolic OH excluding ortho intramolecular Hbond substituents is 3. The van der Waals surface area contributed by atoms with Gasteiger partial charge in [-0.1, -0.05) is 17.7 Å². The van der Waals surface area contributed by atoms with Crippen molar-refractivity contribution < 1.29 is 34.7 Å². The van der Waals surface area contributed by atoms with Gasteiger partial charge in [-0.2, -0.15) is 0 Å². The number of phenols is 3. The predicted octanol–water partition coefficient (Wildman–Crippen LogP) is 4.39. The average Bonchev–Trinajstić information content (AvgIpc) is 2.72. The standard InChI is InChI=1S/C25H26O7/c1-14(2)4-3-6-25(13-26)7-5-15-8-17(18(28)11-21(15)32-25)22-12-20(30)24-19(29)9-16(27)10-23(24)31-22/h4-5,7-11,22,26-29H,3,6,12-13H2,1-2H3. The number of aliphatic hydroxyl groups excluding tert-OH is 1. The number of hydrogen-bond donors (Lipinski definition) is 4. The third kappa shape index (κ3) is 4.03. The molecule has 0 radical (unpaired) electrons. The third-order valence-corrected chi connectivity index (χ3v) is 5.76. The molecule has 2 aromatic rings. The summed E-state index contributed by atoms with van der Waals surface area (Å²) in [5.41, 5.74) is 1.40. The quantitative estimate of drug-likeness (QED) is 0.512. The van der Waals surface area contributed by atoms with Crippen LogP contribution in [0.1, 0.15) is 60.7 Å². The maximum atomic E-state index is 12.6. The van der Waals surface area contributed by atoms with E-state index in [-0.39, 0.29) is 47.4 Å². The summed E-state index contributed by atoms with van der Waals surface area (Å²) in [6, 6.07) is 5.50. The lowest BCUT2D eigenvalue weighted by molar-refractivity contribution is 0.0416. The van der Waals surface area contributed by atoms with Gasteiger partial charge in [0.15, 0.2) is 11.4 Å². The molecule has 7 heteroatoms. The SMILES string of the molecule is CC(C)=CCCC1(CO)C=Cc2cc(C3CC(=O)c4c(O)cc(O)cc4O3)c(O)cc2O1. The van der Waals surface area contributed by atoms with Crippen LogP contribution < -0.4 is 9.47 Å². The van der Waals surface area contributed by atoms with Crippen molar-refractivity contribution in [1.29, 1.82) is 0 Å². The molecule has 7 nitrogen and oxygen atoms in total. The van der Waals surface area contributed by atoms with E-state index in [4.69, 9.17) is 9.47 Å². The maximum absolute atomic E-state index is 12.6.